The zero-order chi connectivity index (χ0) is 22.2. The highest BCUT2D eigenvalue weighted by Crippen LogP contribution is 2.36. The Morgan fingerprint density at radius 1 is 1.03 bits per heavy atom. The monoisotopic (exact) mass is 459 g/mol. The predicted molar refractivity (Wildman–Crippen MR) is 120 cm³/mol. The summed E-state index contributed by atoms with van der Waals surface area (Å²) in [5, 5.41) is 6.63. The average molecular weight is 460 g/mol. The third kappa shape index (κ3) is 5.93. The second kappa shape index (κ2) is 10.7. The molecule has 3 rings (SSSR count). The number of carbonyl (C=O) groups excluding carboxylic acids is 3. The fourth-order valence-electron chi connectivity index (χ4n) is 2.75. The third-order valence-corrected chi connectivity index (χ3v) is 5.96. The molecule has 0 spiro atoms. The number of amides is 1. The number of benzene rings is 1. The van der Waals surface area contributed by atoms with Crippen molar-refractivity contribution in [2.45, 2.75) is 13.3 Å². The van der Waals surface area contributed by atoms with Crippen LogP contribution in [0.25, 0.3) is 11.1 Å². The standard InChI is InChI=1S/C22H21NO6S2/c1-3-28-22(26)20-17(14-6-8-15(27-2)9-7-14)13-31-21(20)23-18(24)12-29-19(25)11-16-5-4-10-30-16/h4-10,13H,3,11-12H2,1-2H3,(H,23,24). The van der Waals surface area contributed by atoms with Crippen molar-refractivity contribution in [2.24, 2.45) is 0 Å². The van der Waals surface area contributed by atoms with Gasteiger partial charge >= 0.3 is 11.9 Å². The lowest BCUT2D eigenvalue weighted by Gasteiger charge is -2.09. The van der Waals surface area contributed by atoms with Crippen LogP contribution in [0, 0.1) is 0 Å². The molecule has 0 saturated carbocycles. The second-order valence-electron chi connectivity index (χ2n) is 6.27. The molecule has 3 aromatic rings. The largest absolute Gasteiger partial charge is 0.497 e. The van der Waals surface area contributed by atoms with Crippen LogP contribution in [0.1, 0.15) is 22.2 Å². The number of hydrogen-bond donors (Lipinski definition) is 1. The van der Waals surface area contributed by atoms with Crippen LogP contribution in [0.2, 0.25) is 0 Å². The number of nitrogens with one attached hydrogen (secondary N) is 1. The van der Waals surface area contributed by atoms with Crippen LogP contribution in [-0.2, 0) is 25.5 Å². The van der Waals surface area contributed by atoms with Gasteiger partial charge in [-0.3, -0.25) is 9.59 Å². The van der Waals surface area contributed by atoms with Crippen LogP contribution >= 0.6 is 22.7 Å². The summed E-state index contributed by atoms with van der Waals surface area (Å²) in [6.45, 7) is 1.47. The number of ether oxygens (including phenoxy) is 3. The highest BCUT2D eigenvalue weighted by Gasteiger charge is 2.23. The van der Waals surface area contributed by atoms with E-state index in [1.165, 1.54) is 22.7 Å². The van der Waals surface area contributed by atoms with Crippen molar-refractivity contribution in [1.29, 1.82) is 0 Å². The maximum Gasteiger partial charge on any atom is 0.341 e. The molecule has 1 N–H and O–H groups in total. The molecule has 1 aromatic carbocycles. The summed E-state index contributed by atoms with van der Waals surface area (Å²) in [6.07, 6.45) is 0.111. The third-order valence-electron chi connectivity index (χ3n) is 4.19. The molecule has 2 heterocycles. The van der Waals surface area contributed by atoms with Gasteiger partial charge in [0.15, 0.2) is 6.61 Å². The summed E-state index contributed by atoms with van der Waals surface area (Å²) in [6, 6.07) is 10.9. The molecule has 0 radical (unpaired) electrons. The Morgan fingerprint density at radius 3 is 2.45 bits per heavy atom. The van der Waals surface area contributed by atoms with Crippen molar-refractivity contribution in [3.05, 3.63) is 57.6 Å². The average Bonchev–Trinajstić information content (AvgIpc) is 3.42. The van der Waals surface area contributed by atoms with Gasteiger partial charge in [0.25, 0.3) is 5.91 Å². The van der Waals surface area contributed by atoms with Gasteiger partial charge in [-0.1, -0.05) is 18.2 Å². The van der Waals surface area contributed by atoms with Crippen LogP contribution in [0.15, 0.2) is 47.2 Å². The van der Waals surface area contributed by atoms with Gasteiger partial charge < -0.3 is 19.5 Å². The van der Waals surface area contributed by atoms with Gasteiger partial charge in [0.1, 0.15) is 16.3 Å². The molecule has 0 aliphatic rings. The first kappa shape index (κ1) is 22.5. The van der Waals surface area contributed by atoms with Gasteiger partial charge in [0, 0.05) is 15.8 Å². The van der Waals surface area contributed by atoms with Crippen LogP contribution in [0.4, 0.5) is 5.00 Å². The summed E-state index contributed by atoms with van der Waals surface area (Å²) >= 11 is 2.64. The molecule has 1 amide bonds. The van der Waals surface area contributed by atoms with Gasteiger partial charge in [-0.15, -0.1) is 22.7 Å². The maximum atomic E-state index is 12.6. The zero-order valence-electron chi connectivity index (χ0n) is 17.0. The molecule has 162 valence electrons. The zero-order valence-corrected chi connectivity index (χ0v) is 18.6. The van der Waals surface area contributed by atoms with Crippen molar-refractivity contribution in [3.63, 3.8) is 0 Å². The van der Waals surface area contributed by atoms with Crippen LogP contribution in [-0.4, -0.2) is 38.2 Å². The lowest BCUT2D eigenvalue weighted by Crippen LogP contribution is -2.22. The summed E-state index contributed by atoms with van der Waals surface area (Å²) in [5.41, 5.74) is 1.68. The summed E-state index contributed by atoms with van der Waals surface area (Å²) in [7, 11) is 1.57. The molecule has 9 heteroatoms. The molecule has 0 aliphatic carbocycles. The molecular weight excluding hydrogens is 438 g/mol. The predicted octanol–water partition coefficient (Wildman–Crippen LogP) is 4.39. The Balaban J connectivity index is 1.72. The molecule has 2 aromatic heterocycles. The topological polar surface area (TPSA) is 90.9 Å². The normalized spacial score (nSPS) is 10.4. The highest BCUT2D eigenvalue weighted by molar-refractivity contribution is 7.15. The summed E-state index contributed by atoms with van der Waals surface area (Å²) in [4.78, 5) is 37.7. The van der Waals surface area contributed by atoms with Crippen molar-refractivity contribution >= 4 is 45.5 Å². The van der Waals surface area contributed by atoms with Crippen LogP contribution < -0.4 is 10.1 Å². The van der Waals surface area contributed by atoms with Gasteiger partial charge in [-0.05, 0) is 36.1 Å². The summed E-state index contributed by atoms with van der Waals surface area (Å²) < 4.78 is 15.4. The molecule has 31 heavy (non-hydrogen) atoms. The molecular formula is C22H21NO6S2. The van der Waals surface area contributed by atoms with E-state index in [0.29, 0.717) is 16.3 Å². The van der Waals surface area contributed by atoms with Crippen molar-refractivity contribution in [3.8, 4) is 16.9 Å². The number of rotatable bonds is 9. The van der Waals surface area contributed by atoms with Gasteiger partial charge in [-0.25, -0.2) is 4.79 Å². The van der Waals surface area contributed by atoms with E-state index in [0.717, 1.165) is 10.4 Å². The molecule has 0 fully saturated rings. The van der Waals surface area contributed by atoms with E-state index in [1.54, 1.807) is 31.5 Å². The van der Waals surface area contributed by atoms with Gasteiger partial charge in [-0.2, -0.15) is 0 Å². The Labute approximate surface area is 187 Å². The smallest absolute Gasteiger partial charge is 0.341 e. The first-order chi connectivity index (χ1) is 15.0. The maximum absolute atomic E-state index is 12.6. The first-order valence-electron chi connectivity index (χ1n) is 9.42. The van der Waals surface area contributed by atoms with Gasteiger partial charge in [0.2, 0.25) is 0 Å². The molecule has 0 saturated heterocycles. The number of esters is 2. The number of carbonyl (C=O) groups is 3. The van der Waals surface area contributed by atoms with Crippen molar-refractivity contribution in [1.82, 2.24) is 0 Å². The molecule has 0 bridgehead atoms. The quantitative estimate of drug-likeness (QED) is 0.478. The van der Waals surface area contributed by atoms with Crippen LogP contribution in [0.5, 0.6) is 5.75 Å². The minimum absolute atomic E-state index is 0.111. The number of hydrogen-bond acceptors (Lipinski definition) is 8. The Kier molecular flexibility index (Phi) is 7.80. The molecule has 0 atom stereocenters. The highest BCUT2D eigenvalue weighted by atomic mass is 32.1. The van der Waals surface area contributed by atoms with E-state index in [1.807, 2.05) is 29.6 Å². The lowest BCUT2D eigenvalue weighted by molar-refractivity contribution is -0.146. The minimum Gasteiger partial charge on any atom is -0.497 e. The first-order valence-corrected chi connectivity index (χ1v) is 11.2. The SMILES string of the molecule is CCOC(=O)c1c(-c2ccc(OC)cc2)csc1NC(=O)COC(=O)Cc1cccs1. The van der Waals surface area contributed by atoms with E-state index >= 15 is 0 Å². The van der Waals surface area contributed by atoms with Crippen molar-refractivity contribution in [2.75, 3.05) is 25.6 Å². The Bertz CT molecular complexity index is 1040. The molecule has 0 aliphatic heterocycles. The van der Waals surface area contributed by atoms with E-state index in [4.69, 9.17) is 14.2 Å². The Morgan fingerprint density at radius 2 is 1.81 bits per heavy atom. The summed E-state index contributed by atoms with van der Waals surface area (Å²) in [5.74, 6) is -0.879. The van der Waals surface area contributed by atoms with E-state index < -0.39 is 24.5 Å². The second-order valence-corrected chi connectivity index (χ2v) is 8.18. The van der Waals surface area contributed by atoms with E-state index in [9.17, 15) is 14.4 Å². The number of thiophene rings is 2. The lowest BCUT2D eigenvalue weighted by atomic mass is 10.0. The van der Waals surface area contributed by atoms with Gasteiger partial charge in [0.05, 0.1) is 20.1 Å². The molecule has 7 nitrogen and oxygen atoms in total. The fraction of sp³-hybridized carbons (Fsp3) is 0.227. The molecule has 0 unspecified atom stereocenters. The van der Waals surface area contributed by atoms with Crippen LogP contribution in [0.3, 0.4) is 0 Å². The number of methoxy groups -OCH3 is 1. The Hall–Kier alpha value is -3.17. The van der Waals surface area contributed by atoms with E-state index in [-0.39, 0.29) is 18.6 Å². The fourth-order valence-corrected chi connectivity index (χ4v) is 4.42. The number of anilines is 1. The minimum atomic E-state index is -0.542. The van der Waals surface area contributed by atoms with Crippen molar-refractivity contribution < 1.29 is 28.6 Å². The van der Waals surface area contributed by atoms with E-state index in [2.05, 4.69) is 5.32 Å².